The summed E-state index contributed by atoms with van der Waals surface area (Å²) in [6, 6.07) is 29.9. The maximum atomic E-state index is 6.30. The summed E-state index contributed by atoms with van der Waals surface area (Å²) in [5.41, 5.74) is 2.02. The van der Waals surface area contributed by atoms with E-state index >= 15 is 0 Å². The molecule has 6 aromatic rings. The first kappa shape index (κ1) is 18.9. The molecule has 0 spiro atoms. The number of rotatable bonds is 2. The van der Waals surface area contributed by atoms with E-state index in [1.54, 1.807) is 0 Å². The van der Waals surface area contributed by atoms with Crippen LogP contribution in [-0.4, -0.2) is 21.9 Å². The predicted molar refractivity (Wildman–Crippen MR) is 140 cm³/mol. The van der Waals surface area contributed by atoms with Gasteiger partial charge in [0.25, 0.3) is 0 Å². The Morgan fingerprint density at radius 3 is 1.53 bits per heavy atom. The van der Waals surface area contributed by atoms with E-state index in [2.05, 4.69) is 84.9 Å². The molecule has 0 amide bonds. The van der Waals surface area contributed by atoms with E-state index in [9.17, 15) is 0 Å². The van der Waals surface area contributed by atoms with Crippen molar-refractivity contribution in [3.05, 3.63) is 84.9 Å². The third-order valence-electron chi connectivity index (χ3n) is 6.03. The fourth-order valence-corrected chi connectivity index (χ4v) is 6.66. The minimum absolute atomic E-state index is 0.195. The molecule has 150 valence electrons. The molecule has 0 aliphatic carbocycles. The van der Waals surface area contributed by atoms with Crippen LogP contribution in [0, 0.1) is 0 Å². The standard InChI is InChI=1S/C24H15B3O3S2/c1-3-7-21-17(5-1)19-13-15(9-11-23(19)31-21)26-28-25-29-27(30-26)16-10-12-24-20(14-16)18-6-2-4-8-22(18)32-24/h1-14,25H. The zero-order chi connectivity index (χ0) is 21.1. The maximum Gasteiger partial charge on any atom is 0.466 e. The third kappa shape index (κ3) is 3.03. The van der Waals surface area contributed by atoms with Gasteiger partial charge in [0.1, 0.15) is 0 Å². The van der Waals surface area contributed by atoms with Gasteiger partial charge in [-0.2, -0.15) is 0 Å². The van der Waals surface area contributed by atoms with E-state index in [0.717, 1.165) is 10.9 Å². The number of benzene rings is 4. The summed E-state index contributed by atoms with van der Waals surface area (Å²) in [5, 5.41) is 5.02. The van der Waals surface area contributed by atoms with Crippen molar-refractivity contribution < 1.29 is 13.7 Å². The third-order valence-corrected chi connectivity index (χ3v) is 8.34. The van der Waals surface area contributed by atoms with Crippen LogP contribution in [0.15, 0.2) is 84.9 Å². The van der Waals surface area contributed by atoms with Crippen LogP contribution in [0.1, 0.15) is 0 Å². The van der Waals surface area contributed by atoms with E-state index < -0.39 is 14.2 Å². The number of hydrogen-bond acceptors (Lipinski definition) is 5. The largest absolute Gasteiger partial charge is 0.466 e. The molecular formula is C24H15B3O3S2. The minimum atomic E-state index is -0.466. The van der Waals surface area contributed by atoms with Gasteiger partial charge in [0.15, 0.2) is 0 Å². The smallest absolute Gasteiger partial charge is 0.451 e. The molecule has 2 aromatic heterocycles. The van der Waals surface area contributed by atoms with Crippen LogP contribution >= 0.6 is 22.7 Å². The molecule has 0 saturated carbocycles. The van der Waals surface area contributed by atoms with Crippen LogP contribution in [0.5, 0.6) is 0 Å². The molecule has 1 aliphatic rings. The second kappa shape index (κ2) is 7.47. The molecule has 0 radical (unpaired) electrons. The first-order valence-electron chi connectivity index (χ1n) is 10.5. The molecule has 8 heteroatoms. The van der Waals surface area contributed by atoms with Crippen molar-refractivity contribution >= 4 is 95.9 Å². The monoisotopic (exact) mass is 448 g/mol. The van der Waals surface area contributed by atoms with Gasteiger partial charge in [0.05, 0.1) is 0 Å². The van der Waals surface area contributed by atoms with Crippen molar-refractivity contribution in [2.24, 2.45) is 0 Å². The van der Waals surface area contributed by atoms with Gasteiger partial charge >= 0.3 is 21.9 Å². The van der Waals surface area contributed by atoms with Crippen molar-refractivity contribution in [2.45, 2.75) is 0 Å². The lowest BCUT2D eigenvalue weighted by atomic mass is 9.67. The number of fused-ring (bicyclic) bond motifs is 6. The molecule has 0 N–H and O–H groups in total. The lowest BCUT2D eigenvalue weighted by Gasteiger charge is -2.26. The highest BCUT2D eigenvalue weighted by atomic mass is 32.1. The first-order chi connectivity index (χ1) is 15.8. The van der Waals surface area contributed by atoms with Crippen LogP contribution in [0.2, 0.25) is 0 Å². The minimum Gasteiger partial charge on any atom is -0.451 e. The molecular weight excluding hydrogens is 433 g/mol. The Morgan fingerprint density at radius 2 is 1.00 bits per heavy atom. The Kier molecular flexibility index (Phi) is 4.42. The second-order valence-corrected chi connectivity index (χ2v) is 10.1. The Bertz CT molecular complexity index is 1510. The van der Waals surface area contributed by atoms with E-state index in [1.807, 2.05) is 22.7 Å². The van der Waals surface area contributed by atoms with Crippen molar-refractivity contribution in [2.75, 3.05) is 0 Å². The molecule has 3 nitrogen and oxygen atoms in total. The summed E-state index contributed by atoms with van der Waals surface area (Å²) in [7, 11) is -0.737. The molecule has 7 rings (SSSR count). The van der Waals surface area contributed by atoms with Gasteiger partial charge < -0.3 is 13.7 Å². The summed E-state index contributed by atoms with van der Waals surface area (Å²) < 4.78 is 23.1. The topological polar surface area (TPSA) is 27.7 Å². The molecule has 3 heterocycles. The fourth-order valence-electron chi connectivity index (χ4n) is 4.48. The number of hydrogen-bond donors (Lipinski definition) is 0. The zero-order valence-corrected chi connectivity index (χ0v) is 18.6. The predicted octanol–water partition coefficient (Wildman–Crippen LogP) is 4.84. The summed E-state index contributed by atoms with van der Waals surface area (Å²) in [5.74, 6) is 0. The SMILES string of the molecule is B1OB(c2ccc3sc4ccccc4c3c2)OB(c2ccc3sc4ccccc4c3c2)O1. The highest BCUT2D eigenvalue weighted by Crippen LogP contribution is 2.34. The van der Waals surface area contributed by atoms with Gasteiger partial charge in [0.2, 0.25) is 0 Å². The summed E-state index contributed by atoms with van der Waals surface area (Å²) in [4.78, 5) is 0. The van der Waals surface area contributed by atoms with Crippen molar-refractivity contribution in [1.29, 1.82) is 0 Å². The highest BCUT2D eigenvalue weighted by Gasteiger charge is 2.36. The lowest BCUT2D eigenvalue weighted by molar-refractivity contribution is 0.321. The fraction of sp³-hybridized carbons (Fsp3) is 0. The molecule has 4 aromatic carbocycles. The van der Waals surface area contributed by atoms with Crippen molar-refractivity contribution in [3.63, 3.8) is 0 Å². The van der Waals surface area contributed by atoms with Crippen LogP contribution in [0.25, 0.3) is 40.3 Å². The normalized spacial score (nSPS) is 14.6. The van der Waals surface area contributed by atoms with Crippen LogP contribution in [-0.2, 0) is 13.7 Å². The van der Waals surface area contributed by atoms with Crippen LogP contribution < -0.4 is 10.9 Å². The van der Waals surface area contributed by atoms with Crippen molar-refractivity contribution in [3.8, 4) is 0 Å². The molecule has 0 atom stereocenters. The van der Waals surface area contributed by atoms with Crippen LogP contribution in [0.3, 0.4) is 0 Å². The second-order valence-electron chi connectivity index (χ2n) is 7.96. The maximum absolute atomic E-state index is 6.30. The van der Waals surface area contributed by atoms with E-state index in [0.29, 0.717) is 0 Å². The Balaban J connectivity index is 1.25. The first-order valence-corrected chi connectivity index (χ1v) is 12.2. The Labute approximate surface area is 194 Å². The molecule has 0 unspecified atom stereocenters. The van der Waals surface area contributed by atoms with E-state index in [1.165, 1.54) is 40.3 Å². The van der Waals surface area contributed by atoms with Gasteiger partial charge in [0, 0.05) is 29.6 Å². The van der Waals surface area contributed by atoms with Gasteiger partial charge in [-0.25, -0.2) is 0 Å². The van der Waals surface area contributed by atoms with Crippen molar-refractivity contribution in [1.82, 2.24) is 0 Å². The van der Waals surface area contributed by atoms with Gasteiger partial charge in [-0.1, -0.05) is 60.7 Å². The molecule has 1 fully saturated rings. The van der Waals surface area contributed by atoms with Gasteiger partial charge in [-0.3, -0.25) is 0 Å². The number of thiophene rings is 2. The molecule has 1 saturated heterocycles. The average Bonchev–Trinajstić information content (AvgIpc) is 3.41. The molecule has 0 bridgehead atoms. The van der Waals surface area contributed by atoms with Gasteiger partial charge in [-0.05, 0) is 46.0 Å². The lowest BCUT2D eigenvalue weighted by Crippen LogP contribution is -2.54. The van der Waals surface area contributed by atoms with Crippen LogP contribution in [0.4, 0.5) is 0 Å². The molecule has 1 aliphatic heterocycles. The molecule has 32 heavy (non-hydrogen) atoms. The van der Waals surface area contributed by atoms with E-state index in [4.69, 9.17) is 13.7 Å². The quantitative estimate of drug-likeness (QED) is 0.355. The summed E-state index contributed by atoms with van der Waals surface area (Å²) in [6.45, 7) is 0. The zero-order valence-electron chi connectivity index (χ0n) is 17.0. The highest BCUT2D eigenvalue weighted by molar-refractivity contribution is 7.26. The summed E-state index contributed by atoms with van der Waals surface area (Å²) in [6.07, 6.45) is 0. The Morgan fingerprint density at radius 1 is 0.531 bits per heavy atom. The Hall–Kier alpha value is -2.61. The van der Waals surface area contributed by atoms with Gasteiger partial charge in [-0.15, -0.1) is 22.7 Å². The summed E-state index contributed by atoms with van der Waals surface area (Å²) >= 11 is 3.62. The average molecular weight is 448 g/mol. The van der Waals surface area contributed by atoms with E-state index in [-0.39, 0.29) is 7.69 Å².